The van der Waals surface area contributed by atoms with E-state index in [9.17, 15) is 9.59 Å². The smallest absolute Gasteiger partial charge is 0.325 e. The van der Waals surface area contributed by atoms with E-state index in [1.165, 1.54) is 6.20 Å². The van der Waals surface area contributed by atoms with Gasteiger partial charge < -0.3 is 9.72 Å². The molecule has 3 rings (SSSR count). The van der Waals surface area contributed by atoms with Crippen molar-refractivity contribution in [2.75, 3.05) is 0 Å². The maximum Gasteiger partial charge on any atom is 0.325 e. The topological polar surface area (TPSA) is 75.0 Å². The SMILES string of the molecule is O=c1[nH]cc(Cc2cccc(Oc3cccc(Cl)c3)c2)c(=O)[nH]1. The molecule has 2 aromatic carbocycles. The highest BCUT2D eigenvalue weighted by Crippen LogP contribution is 2.25. The second kappa shape index (κ2) is 6.54. The van der Waals surface area contributed by atoms with E-state index in [0.29, 0.717) is 28.5 Å². The first-order valence-electron chi connectivity index (χ1n) is 6.93. The number of rotatable bonds is 4. The lowest BCUT2D eigenvalue weighted by Gasteiger charge is -2.08. The number of benzene rings is 2. The van der Waals surface area contributed by atoms with E-state index in [1.807, 2.05) is 30.3 Å². The van der Waals surface area contributed by atoms with Gasteiger partial charge in [0.05, 0.1) is 0 Å². The molecule has 0 unspecified atom stereocenters. The van der Waals surface area contributed by atoms with Gasteiger partial charge in [0.1, 0.15) is 11.5 Å². The third-order valence-corrected chi connectivity index (χ3v) is 3.46. The number of nitrogens with one attached hydrogen (secondary N) is 2. The zero-order chi connectivity index (χ0) is 16.2. The number of aromatic amines is 2. The molecule has 116 valence electrons. The number of H-pyrrole nitrogens is 2. The molecule has 0 bridgehead atoms. The minimum atomic E-state index is -0.517. The van der Waals surface area contributed by atoms with E-state index in [-0.39, 0.29) is 0 Å². The average Bonchev–Trinajstić information content (AvgIpc) is 2.51. The first-order chi connectivity index (χ1) is 11.1. The molecular weight excluding hydrogens is 316 g/mol. The fourth-order valence-electron chi connectivity index (χ4n) is 2.17. The predicted molar refractivity (Wildman–Crippen MR) is 88.5 cm³/mol. The summed E-state index contributed by atoms with van der Waals surface area (Å²) in [5, 5.41) is 0.596. The molecule has 23 heavy (non-hydrogen) atoms. The molecule has 1 aromatic heterocycles. The summed E-state index contributed by atoms with van der Waals surface area (Å²) in [4.78, 5) is 27.4. The van der Waals surface area contributed by atoms with Crippen LogP contribution < -0.4 is 16.0 Å². The maximum atomic E-state index is 11.7. The lowest BCUT2D eigenvalue weighted by atomic mass is 10.1. The van der Waals surface area contributed by atoms with Crippen LogP contribution in [0.5, 0.6) is 11.5 Å². The normalized spacial score (nSPS) is 10.5. The Morgan fingerprint density at radius 3 is 2.48 bits per heavy atom. The Hall–Kier alpha value is -2.79. The molecule has 0 saturated heterocycles. The molecular formula is C17H13ClN2O3. The van der Waals surface area contributed by atoms with E-state index in [2.05, 4.69) is 9.97 Å². The standard InChI is InChI=1S/C17H13ClN2O3/c18-13-4-2-6-15(9-13)23-14-5-1-3-11(8-14)7-12-10-19-17(22)20-16(12)21/h1-6,8-10H,7H2,(H2,19,20,21,22). The molecule has 6 heteroatoms. The predicted octanol–water partition coefficient (Wildman–Crippen LogP) is 3.10. The van der Waals surface area contributed by atoms with Gasteiger partial charge in [0.2, 0.25) is 0 Å². The fourth-order valence-corrected chi connectivity index (χ4v) is 2.35. The molecule has 0 saturated carbocycles. The van der Waals surface area contributed by atoms with Crippen LogP contribution >= 0.6 is 11.6 Å². The molecule has 0 aliphatic rings. The van der Waals surface area contributed by atoms with E-state index >= 15 is 0 Å². The van der Waals surface area contributed by atoms with Gasteiger partial charge >= 0.3 is 5.69 Å². The van der Waals surface area contributed by atoms with Crippen LogP contribution in [0.25, 0.3) is 0 Å². The van der Waals surface area contributed by atoms with Crippen LogP contribution in [0.4, 0.5) is 0 Å². The minimum absolute atomic E-state index is 0.388. The first kappa shape index (κ1) is 15.1. The van der Waals surface area contributed by atoms with Gasteiger partial charge in [0, 0.05) is 23.2 Å². The Kier molecular flexibility index (Phi) is 4.30. The molecule has 0 spiro atoms. The van der Waals surface area contributed by atoms with Crippen molar-refractivity contribution in [2.45, 2.75) is 6.42 Å². The lowest BCUT2D eigenvalue weighted by Crippen LogP contribution is -2.24. The zero-order valence-corrected chi connectivity index (χ0v) is 12.8. The highest BCUT2D eigenvalue weighted by atomic mass is 35.5. The van der Waals surface area contributed by atoms with Crippen molar-refractivity contribution in [1.29, 1.82) is 0 Å². The summed E-state index contributed by atoms with van der Waals surface area (Å²) in [6, 6.07) is 14.5. The van der Waals surface area contributed by atoms with E-state index in [4.69, 9.17) is 16.3 Å². The van der Waals surface area contributed by atoms with E-state index in [1.54, 1.807) is 18.2 Å². The fraction of sp³-hybridized carbons (Fsp3) is 0.0588. The molecule has 0 fully saturated rings. The second-order valence-electron chi connectivity index (χ2n) is 4.98. The van der Waals surface area contributed by atoms with Gasteiger partial charge in [-0.1, -0.05) is 29.8 Å². The Morgan fingerprint density at radius 1 is 1.00 bits per heavy atom. The molecule has 0 aliphatic carbocycles. The molecule has 0 amide bonds. The summed E-state index contributed by atoms with van der Waals surface area (Å²) in [6.07, 6.45) is 1.81. The van der Waals surface area contributed by atoms with Gasteiger partial charge in [-0.05, 0) is 35.9 Å². The van der Waals surface area contributed by atoms with Crippen LogP contribution in [0, 0.1) is 0 Å². The van der Waals surface area contributed by atoms with Gasteiger partial charge in [-0.15, -0.1) is 0 Å². The number of halogens is 1. The largest absolute Gasteiger partial charge is 0.457 e. The molecule has 0 aliphatic heterocycles. The highest BCUT2D eigenvalue weighted by molar-refractivity contribution is 6.30. The lowest BCUT2D eigenvalue weighted by molar-refractivity contribution is 0.482. The van der Waals surface area contributed by atoms with Crippen molar-refractivity contribution in [3.8, 4) is 11.5 Å². The van der Waals surface area contributed by atoms with Crippen LogP contribution in [0.3, 0.4) is 0 Å². The van der Waals surface area contributed by atoms with Gasteiger partial charge in [0.25, 0.3) is 5.56 Å². The Morgan fingerprint density at radius 2 is 1.74 bits per heavy atom. The van der Waals surface area contributed by atoms with Crippen molar-refractivity contribution < 1.29 is 4.74 Å². The highest BCUT2D eigenvalue weighted by Gasteiger charge is 2.04. The van der Waals surface area contributed by atoms with Crippen LogP contribution in [-0.2, 0) is 6.42 Å². The van der Waals surface area contributed by atoms with Crippen LogP contribution in [0.2, 0.25) is 5.02 Å². The Bertz CT molecular complexity index is 947. The third kappa shape index (κ3) is 3.90. The van der Waals surface area contributed by atoms with Crippen molar-refractivity contribution in [1.82, 2.24) is 9.97 Å². The summed E-state index contributed by atoms with van der Waals surface area (Å²) in [6.45, 7) is 0. The number of ether oxygens (including phenoxy) is 1. The molecule has 1 heterocycles. The molecule has 3 aromatic rings. The maximum absolute atomic E-state index is 11.7. The van der Waals surface area contributed by atoms with Crippen LogP contribution in [-0.4, -0.2) is 9.97 Å². The van der Waals surface area contributed by atoms with Crippen molar-refractivity contribution >= 4 is 11.6 Å². The van der Waals surface area contributed by atoms with Crippen LogP contribution in [0.1, 0.15) is 11.1 Å². The average molecular weight is 329 g/mol. The number of hydrogen-bond acceptors (Lipinski definition) is 3. The first-order valence-corrected chi connectivity index (χ1v) is 7.31. The minimum Gasteiger partial charge on any atom is -0.457 e. The van der Waals surface area contributed by atoms with Crippen molar-refractivity contribution in [3.63, 3.8) is 0 Å². The summed E-state index contributed by atoms with van der Waals surface area (Å²) in [7, 11) is 0. The van der Waals surface area contributed by atoms with Gasteiger partial charge in [-0.2, -0.15) is 0 Å². The van der Waals surface area contributed by atoms with Crippen LogP contribution in [0.15, 0.2) is 64.3 Å². The van der Waals surface area contributed by atoms with Crippen molar-refractivity contribution in [3.05, 3.63) is 91.7 Å². The van der Waals surface area contributed by atoms with Gasteiger partial charge in [0.15, 0.2) is 0 Å². The molecule has 2 N–H and O–H groups in total. The van der Waals surface area contributed by atoms with Gasteiger partial charge in [-0.25, -0.2) is 4.79 Å². The number of aromatic nitrogens is 2. The monoisotopic (exact) mass is 328 g/mol. The molecule has 0 radical (unpaired) electrons. The third-order valence-electron chi connectivity index (χ3n) is 3.22. The van der Waals surface area contributed by atoms with Gasteiger partial charge in [-0.3, -0.25) is 9.78 Å². The summed E-state index contributed by atoms with van der Waals surface area (Å²) in [5.41, 5.74) is 0.457. The van der Waals surface area contributed by atoms with E-state index < -0.39 is 11.2 Å². The molecule has 5 nitrogen and oxygen atoms in total. The van der Waals surface area contributed by atoms with Crippen molar-refractivity contribution in [2.24, 2.45) is 0 Å². The van der Waals surface area contributed by atoms with E-state index in [0.717, 1.165) is 5.56 Å². The summed E-state index contributed by atoms with van der Waals surface area (Å²) in [5.74, 6) is 1.28. The zero-order valence-electron chi connectivity index (χ0n) is 12.0. The molecule has 0 atom stereocenters. The summed E-state index contributed by atoms with van der Waals surface area (Å²) >= 11 is 5.93. The number of hydrogen-bond donors (Lipinski definition) is 2. The second-order valence-corrected chi connectivity index (χ2v) is 5.42. The quantitative estimate of drug-likeness (QED) is 0.772. The summed E-state index contributed by atoms with van der Waals surface area (Å²) < 4.78 is 5.76. The Balaban J connectivity index is 1.82. The Labute approximate surface area is 136 Å².